The lowest BCUT2D eigenvalue weighted by Crippen LogP contribution is -2.31. The number of rotatable bonds is 7. The quantitative estimate of drug-likeness (QED) is 0.776. The van der Waals surface area contributed by atoms with Gasteiger partial charge >= 0.3 is 0 Å². The van der Waals surface area contributed by atoms with E-state index >= 15 is 0 Å². The third-order valence-corrected chi connectivity index (χ3v) is 2.78. The topological polar surface area (TPSA) is 56.8 Å². The van der Waals surface area contributed by atoms with Gasteiger partial charge < -0.3 is 19.5 Å². The van der Waals surface area contributed by atoms with Gasteiger partial charge in [0.2, 0.25) is 0 Å². The van der Waals surface area contributed by atoms with Crippen LogP contribution in [0.4, 0.5) is 0 Å². The molecular formula is C12H16BrNO4. The van der Waals surface area contributed by atoms with Gasteiger partial charge in [-0.25, -0.2) is 0 Å². The first-order chi connectivity index (χ1) is 8.67. The number of carbonyl (C=O) groups is 1. The number of benzene rings is 1. The Morgan fingerprint density at radius 3 is 2.83 bits per heavy atom. The number of carbonyl (C=O) groups excluding carboxylic acids is 1. The number of halogens is 1. The maximum Gasteiger partial charge on any atom is 0.258 e. The summed E-state index contributed by atoms with van der Waals surface area (Å²) >= 11 is 3.34. The first-order valence-corrected chi connectivity index (χ1v) is 6.18. The van der Waals surface area contributed by atoms with Gasteiger partial charge in [-0.1, -0.05) is 0 Å². The van der Waals surface area contributed by atoms with Gasteiger partial charge in [0.05, 0.1) is 18.2 Å². The third-order valence-electron chi connectivity index (χ3n) is 2.13. The Hall–Kier alpha value is -1.27. The van der Waals surface area contributed by atoms with Crippen molar-refractivity contribution in [1.82, 2.24) is 5.32 Å². The van der Waals surface area contributed by atoms with E-state index in [1.165, 1.54) is 0 Å². The van der Waals surface area contributed by atoms with Crippen LogP contribution in [0.25, 0.3) is 0 Å². The molecule has 1 N–H and O–H groups in total. The summed E-state index contributed by atoms with van der Waals surface area (Å²) in [6, 6.07) is 5.32. The molecule has 0 bridgehead atoms. The van der Waals surface area contributed by atoms with Crippen molar-refractivity contribution in [2.24, 2.45) is 0 Å². The average Bonchev–Trinajstić information content (AvgIpc) is 2.38. The molecule has 1 rings (SSSR count). The van der Waals surface area contributed by atoms with Gasteiger partial charge in [0.25, 0.3) is 5.91 Å². The van der Waals surface area contributed by atoms with Crippen molar-refractivity contribution in [3.8, 4) is 11.5 Å². The summed E-state index contributed by atoms with van der Waals surface area (Å²) < 4.78 is 16.1. The Balaban J connectivity index is 2.45. The molecule has 0 saturated carbocycles. The van der Waals surface area contributed by atoms with Crippen molar-refractivity contribution in [3.05, 3.63) is 22.7 Å². The number of amides is 1. The van der Waals surface area contributed by atoms with Crippen molar-refractivity contribution >= 4 is 21.8 Å². The number of ether oxygens (including phenoxy) is 3. The predicted octanol–water partition coefficient (Wildman–Crippen LogP) is 1.60. The molecule has 0 atom stereocenters. The van der Waals surface area contributed by atoms with E-state index in [0.717, 1.165) is 4.47 Å². The number of hydrogen-bond acceptors (Lipinski definition) is 4. The van der Waals surface area contributed by atoms with Crippen LogP contribution in [-0.4, -0.2) is 39.9 Å². The Labute approximate surface area is 115 Å². The highest BCUT2D eigenvalue weighted by atomic mass is 79.9. The SMILES string of the molecule is COCCNC(=O)COc1cc(OC)ccc1Br. The van der Waals surface area contributed by atoms with Gasteiger partial charge in [-0.15, -0.1) is 0 Å². The fraction of sp³-hybridized carbons (Fsp3) is 0.417. The maximum atomic E-state index is 11.4. The second-order valence-corrected chi connectivity index (χ2v) is 4.28. The fourth-order valence-electron chi connectivity index (χ4n) is 1.21. The lowest BCUT2D eigenvalue weighted by atomic mass is 10.3. The number of nitrogens with one attached hydrogen (secondary N) is 1. The first kappa shape index (κ1) is 14.8. The monoisotopic (exact) mass is 317 g/mol. The molecule has 0 aromatic heterocycles. The molecule has 0 aliphatic heterocycles. The van der Waals surface area contributed by atoms with Gasteiger partial charge in [-0.3, -0.25) is 4.79 Å². The van der Waals surface area contributed by atoms with Crippen LogP contribution in [0.2, 0.25) is 0 Å². The Morgan fingerprint density at radius 2 is 2.17 bits per heavy atom. The van der Waals surface area contributed by atoms with Crippen LogP contribution in [0.1, 0.15) is 0 Å². The summed E-state index contributed by atoms with van der Waals surface area (Å²) in [5, 5.41) is 2.67. The molecule has 0 heterocycles. The van der Waals surface area contributed by atoms with E-state index in [0.29, 0.717) is 24.7 Å². The minimum atomic E-state index is -0.193. The lowest BCUT2D eigenvalue weighted by molar-refractivity contribution is -0.123. The van der Waals surface area contributed by atoms with Crippen LogP contribution in [-0.2, 0) is 9.53 Å². The molecule has 5 nitrogen and oxygen atoms in total. The zero-order valence-electron chi connectivity index (χ0n) is 10.4. The molecule has 1 aromatic rings. The van der Waals surface area contributed by atoms with Gasteiger partial charge in [-0.2, -0.15) is 0 Å². The Morgan fingerprint density at radius 1 is 1.39 bits per heavy atom. The molecule has 18 heavy (non-hydrogen) atoms. The van der Waals surface area contributed by atoms with E-state index < -0.39 is 0 Å². The molecule has 6 heteroatoms. The molecular weight excluding hydrogens is 302 g/mol. The second-order valence-electron chi connectivity index (χ2n) is 3.43. The van der Waals surface area contributed by atoms with Crippen LogP contribution in [0, 0.1) is 0 Å². The van der Waals surface area contributed by atoms with E-state index in [9.17, 15) is 4.79 Å². The second kappa shape index (κ2) is 7.94. The van der Waals surface area contributed by atoms with E-state index in [1.54, 1.807) is 32.4 Å². The standard InChI is InChI=1S/C12H16BrNO4/c1-16-6-5-14-12(15)8-18-11-7-9(17-2)3-4-10(11)13/h3-4,7H,5-6,8H2,1-2H3,(H,14,15). The Bertz CT molecular complexity index is 398. The van der Waals surface area contributed by atoms with Crippen molar-refractivity contribution in [2.75, 3.05) is 34.0 Å². The van der Waals surface area contributed by atoms with Crippen molar-refractivity contribution in [1.29, 1.82) is 0 Å². The molecule has 0 spiro atoms. The van der Waals surface area contributed by atoms with Crippen LogP contribution < -0.4 is 14.8 Å². The molecule has 0 fully saturated rings. The maximum absolute atomic E-state index is 11.4. The van der Waals surface area contributed by atoms with E-state index in [1.807, 2.05) is 0 Å². The largest absolute Gasteiger partial charge is 0.497 e. The van der Waals surface area contributed by atoms with Crippen molar-refractivity contribution in [3.63, 3.8) is 0 Å². The summed E-state index contributed by atoms with van der Waals surface area (Å²) in [5.74, 6) is 1.05. The highest BCUT2D eigenvalue weighted by Crippen LogP contribution is 2.29. The fourth-order valence-corrected chi connectivity index (χ4v) is 1.57. The van der Waals surface area contributed by atoms with Crippen molar-refractivity contribution in [2.45, 2.75) is 0 Å². The summed E-state index contributed by atoms with van der Waals surface area (Å²) in [6.45, 7) is 0.905. The highest BCUT2D eigenvalue weighted by Gasteiger charge is 2.06. The molecule has 1 amide bonds. The summed E-state index contributed by atoms with van der Waals surface area (Å²) in [6.07, 6.45) is 0. The van der Waals surface area contributed by atoms with Crippen molar-refractivity contribution < 1.29 is 19.0 Å². The zero-order chi connectivity index (χ0) is 13.4. The Kier molecular flexibility index (Phi) is 6.53. The first-order valence-electron chi connectivity index (χ1n) is 5.39. The van der Waals surface area contributed by atoms with Crippen LogP contribution in [0.15, 0.2) is 22.7 Å². The average molecular weight is 318 g/mol. The lowest BCUT2D eigenvalue weighted by Gasteiger charge is -2.10. The predicted molar refractivity (Wildman–Crippen MR) is 71.1 cm³/mol. The smallest absolute Gasteiger partial charge is 0.258 e. The van der Waals surface area contributed by atoms with Gasteiger partial charge in [0, 0.05) is 19.7 Å². The van der Waals surface area contributed by atoms with Crippen LogP contribution in [0.5, 0.6) is 11.5 Å². The molecule has 100 valence electrons. The van der Waals surface area contributed by atoms with Gasteiger partial charge in [-0.05, 0) is 28.1 Å². The molecule has 0 aliphatic rings. The minimum absolute atomic E-state index is 0.0461. The van der Waals surface area contributed by atoms with Gasteiger partial charge in [0.1, 0.15) is 11.5 Å². The summed E-state index contributed by atoms with van der Waals surface area (Å²) in [4.78, 5) is 11.4. The van der Waals surface area contributed by atoms with Crippen LogP contribution in [0.3, 0.4) is 0 Å². The number of methoxy groups -OCH3 is 2. The highest BCUT2D eigenvalue weighted by molar-refractivity contribution is 9.10. The van der Waals surface area contributed by atoms with E-state index in [4.69, 9.17) is 14.2 Å². The zero-order valence-corrected chi connectivity index (χ0v) is 12.0. The van der Waals surface area contributed by atoms with E-state index in [2.05, 4.69) is 21.2 Å². The number of hydrogen-bond donors (Lipinski definition) is 1. The molecule has 1 aromatic carbocycles. The molecule has 0 unspecified atom stereocenters. The van der Waals surface area contributed by atoms with Gasteiger partial charge in [0.15, 0.2) is 6.61 Å². The third kappa shape index (κ3) is 4.93. The summed E-state index contributed by atoms with van der Waals surface area (Å²) in [7, 11) is 3.15. The minimum Gasteiger partial charge on any atom is -0.497 e. The van der Waals surface area contributed by atoms with E-state index in [-0.39, 0.29) is 12.5 Å². The molecule has 0 radical (unpaired) electrons. The molecule has 0 saturated heterocycles. The summed E-state index contributed by atoms with van der Waals surface area (Å²) in [5.41, 5.74) is 0. The molecule has 0 aliphatic carbocycles. The normalized spacial score (nSPS) is 9.94. The van der Waals surface area contributed by atoms with Crippen LogP contribution >= 0.6 is 15.9 Å².